The van der Waals surface area contributed by atoms with Crippen molar-refractivity contribution < 1.29 is 9.53 Å². The molecule has 0 atom stereocenters. The lowest BCUT2D eigenvalue weighted by atomic mass is 9.95. The maximum absolute atomic E-state index is 12.8. The van der Waals surface area contributed by atoms with Gasteiger partial charge in [0.1, 0.15) is 5.75 Å². The number of amides is 1. The number of hydrogen-bond acceptors (Lipinski definition) is 5. The predicted octanol–water partition coefficient (Wildman–Crippen LogP) is 4.62. The summed E-state index contributed by atoms with van der Waals surface area (Å²) in [7, 11) is 1.65. The molecule has 1 aliphatic heterocycles. The number of aryl methyl sites for hydroxylation is 2. The highest BCUT2D eigenvalue weighted by atomic mass is 16.5. The van der Waals surface area contributed by atoms with Gasteiger partial charge in [0.15, 0.2) is 5.82 Å². The van der Waals surface area contributed by atoms with Gasteiger partial charge < -0.3 is 15.0 Å². The van der Waals surface area contributed by atoms with E-state index >= 15 is 0 Å². The molecule has 0 radical (unpaired) electrons. The van der Waals surface area contributed by atoms with E-state index in [0.29, 0.717) is 0 Å². The number of carbonyl (C=O) groups excluding carboxylic acids is 1. The quantitative estimate of drug-likeness (QED) is 0.657. The van der Waals surface area contributed by atoms with E-state index in [0.717, 1.165) is 65.6 Å². The van der Waals surface area contributed by atoms with E-state index in [1.165, 1.54) is 0 Å². The van der Waals surface area contributed by atoms with Crippen molar-refractivity contribution in [3.8, 4) is 17.0 Å². The standard InChI is InChI=1S/C25H28N4O2/c1-17-4-5-18(2)23(16-17)26-25(30)20-12-14-29(15-13-20)24-11-10-22(27-28-24)19-6-8-21(31-3)9-7-19/h4-11,16,20H,12-15H2,1-3H3,(H,26,30). The maximum Gasteiger partial charge on any atom is 0.227 e. The van der Waals surface area contributed by atoms with Gasteiger partial charge in [-0.1, -0.05) is 12.1 Å². The molecule has 0 spiro atoms. The number of anilines is 2. The number of benzene rings is 2. The highest BCUT2D eigenvalue weighted by molar-refractivity contribution is 5.93. The summed E-state index contributed by atoms with van der Waals surface area (Å²) in [6.07, 6.45) is 1.61. The van der Waals surface area contributed by atoms with E-state index in [1.807, 2.05) is 62.4 Å². The molecular weight excluding hydrogens is 388 g/mol. The van der Waals surface area contributed by atoms with E-state index in [4.69, 9.17) is 4.74 Å². The summed E-state index contributed by atoms with van der Waals surface area (Å²) in [5, 5.41) is 11.9. The van der Waals surface area contributed by atoms with Crippen LogP contribution in [0.1, 0.15) is 24.0 Å². The van der Waals surface area contributed by atoms with Gasteiger partial charge in [0.05, 0.1) is 12.8 Å². The number of hydrogen-bond donors (Lipinski definition) is 1. The van der Waals surface area contributed by atoms with Crippen LogP contribution in [0.25, 0.3) is 11.3 Å². The first-order valence-electron chi connectivity index (χ1n) is 10.6. The first-order valence-corrected chi connectivity index (χ1v) is 10.6. The number of methoxy groups -OCH3 is 1. The van der Waals surface area contributed by atoms with Crippen molar-refractivity contribution in [1.82, 2.24) is 10.2 Å². The van der Waals surface area contributed by atoms with Crippen molar-refractivity contribution >= 4 is 17.4 Å². The van der Waals surface area contributed by atoms with Gasteiger partial charge in [-0.2, -0.15) is 0 Å². The maximum atomic E-state index is 12.8. The molecule has 31 heavy (non-hydrogen) atoms. The molecule has 6 heteroatoms. The summed E-state index contributed by atoms with van der Waals surface area (Å²) in [6.45, 7) is 5.64. The molecule has 0 unspecified atom stereocenters. The Labute approximate surface area is 183 Å². The molecule has 3 aromatic rings. The molecule has 1 aliphatic rings. The molecular formula is C25H28N4O2. The summed E-state index contributed by atoms with van der Waals surface area (Å²) in [6, 6.07) is 17.9. The van der Waals surface area contributed by atoms with Crippen LogP contribution in [0.4, 0.5) is 11.5 Å². The number of piperidine rings is 1. The lowest BCUT2D eigenvalue weighted by molar-refractivity contribution is -0.120. The zero-order chi connectivity index (χ0) is 21.8. The van der Waals surface area contributed by atoms with Crippen LogP contribution in [0.2, 0.25) is 0 Å². The van der Waals surface area contributed by atoms with E-state index in [9.17, 15) is 4.79 Å². The third-order valence-electron chi connectivity index (χ3n) is 5.88. The highest BCUT2D eigenvalue weighted by Gasteiger charge is 2.26. The summed E-state index contributed by atoms with van der Waals surface area (Å²) < 4.78 is 5.20. The number of nitrogens with one attached hydrogen (secondary N) is 1. The Balaban J connectivity index is 1.35. The molecule has 2 aromatic carbocycles. The second-order valence-electron chi connectivity index (χ2n) is 8.07. The van der Waals surface area contributed by atoms with Gasteiger partial charge >= 0.3 is 0 Å². The molecule has 0 bridgehead atoms. The highest BCUT2D eigenvalue weighted by Crippen LogP contribution is 2.26. The molecule has 6 nitrogen and oxygen atoms in total. The Hall–Kier alpha value is -3.41. The summed E-state index contributed by atoms with van der Waals surface area (Å²) >= 11 is 0. The average molecular weight is 417 g/mol. The van der Waals surface area contributed by atoms with Crippen LogP contribution in [0.3, 0.4) is 0 Å². The van der Waals surface area contributed by atoms with Crippen LogP contribution in [0, 0.1) is 19.8 Å². The van der Waals surface area contributed by atoms with Gasteiger partial charge in [-0.15, -0.1) is 10.2 Å². The lowest BCUT2D eigenvalue weighted by Gasteiger charge is -2.32. The van der Waals surface area contributed by atoms with Crippen molar-refractivity contribution in [2.24, 2.45) is 5.92 Å². The molecule has 160 valence electrons. The second kappa shape index (κ2) is 9.16. The minimum atomic E-state index is 0.0164. The Bertz CT molecular complexity index is 1040. The van der Waals surface area contributed by atoms with Gasteiger partial charge in [-0.25, -0.2) is 0 Å². The Kier molecular flexibility index (Phi) is 6.16. The van der Waals surface area contributed by atoms with Crippen molar-refractivity contribution in [3.05, 3.63) is 65.7 Å². The fourth-order valence-corrected chi connectivity index (χ4v) is 3.89. The average Bonchev–Trinajstić information content (AvgIpc) is 2.82. The fourth-order valence-electron chi connectivity index (χ4n) is 3.89. The number of ether oxygens (including phenoxy) is 1. The first kappa shape index (κ1) is 20.8. The lowest BCUT2D eigenvalue weighted by Crippen LogP contribution is -2.38. The Morgan fingerprint density at radius 2 is 1.74 bits per heavy atom. The zero-order valence-corrected chi connectivity index (χ0v) is 18.3. The first-order chi connectivity index (χ1) is 15.0. The third-order valence-corrected chi connectivity index (χ3v) is 5.88. The van der Waals surface area contributed by atoms with Gasteiger partial charge in [0.2, 0.25) is 5.91 Å². The van der Waals surface area contributed by atoms with Gasteiger partial charge in [-0.3, -0.25) is 4.79 Å². The summed E-state index contributed by atoms with van der Waals surface area (Å²) in [4.78, 5) is 15.0. The van der Waals surface area contributed by atoms with E-state index in [-0.39, 0.29) is 11.8 Å². The molecule has 1 saturated heterocycles. The number of aromatic nitrogens is 2. The van der Waals surface area contributed by atoms with E-state index in [2.05, 4.69) is 26.5 Å². The van der Waals surface area contributed by atoms with Crippen molar-refractivity contribution in [2.75, 3.05) is 30.4 Å². The molecule has 4 rings (SSSR count). The summed E-state index contributed by atoms with van der Waals surface area (Å²) in [5.41, 5.74) is 4.97. The minimum absolute atomic E-state index is 0.0164. The van der Waals surface area contributed by atoms with Crippen molar-refractivity contribution in [2.45, 2.75) is 26.7 Å². The normalized spacial score (nSPS) is 14.4. The molecule has 1 aromatic heterocycles. The number of rotatable bonds is 5. The number of carbonyl (C=O) groups is 1. The molecule has 0 aliphatic carbocycles. The molecule has 1 fully saturated rings. The molecule has 0 saturated carbocycles. The molecule has 1 N–H and O–H groups in total. The fraction of sp³-hybridized carbons (Fsp3) is 0.320. The van der Waals surface area contributed by atoms with Gasteiger partial charge in [0.25, 0.3) is 0 Å². The Morgan fingerprint density at radius 1 is 1.00 bits per heavy atom. The van der Waals surface area contributed by atoms with Crippen molar-refractivity contribution in [1.29, 1.82) is 0 Å². The van der Waals surface area contributed by atoms with Crippen molar-refractivity contribution in [3.63, 3.8) is 0 Å². The van der Waals surface area contributed by atoms with Crippen LogP contribution in [-0.2, 0) is 4.79 Å². The van der Waals surface area contributed by atoms with Gasteiger partial charge in [0, 0.05) is 30.3 Å². The van der Waals surface area contributed by atoms with Crippen LogP contribution in [-0.4, -0.2) is 36.3 Å². The number of nitrogens with zero attached hydrogens (tertiary/aromatic N) is 3. The monoisotopic (exact) mass is 416 g/mol. The molecule has 1 amide bonds. The predicted molar refractivity (Wildman–Crippen MR) is 124 cm³/mol. The van der Waals surface area contributed by atoms with E-state index < -0.39 is 0 Å². The van der Waals surface area contributed by atoms with E-state index in [1.54, 1.807) is 7.11 Å². The second-order valence-corrected chi connectivity index (χ2v) is 8.07. The zero-order valence-electron chi connectivity index (χ0n) is 18.3. The van der Waals surface area contributed by atoms with Crippen LogP contribution in [0.15, 0.2) is 54.6 Å². The van der Waals surface area contributed by atoms with Gasteiger partial charge in [-0.05, 0) is 80.3 Å². The smallest absolute Gasteiger partial charge is 0.227 e. The van der Waals surface area contributed by atoms with Crippen LogP contribution < -0.4 is 15.0 Å². The Morgan fingerprint density at radius 3 is 2.39 bits per heavy atom. The topological polar surface area (TPSA) is 67.3 Å². The van der Waals surface area contributed by atoms with Crippen LogP contribution in [0.5, 0.6) is 5.75 Å². The minimum Gasteiger partial charge on any atom is -0.497 e. The SMILES string of the molecule is COc1ccc(-c2ccc(N3CCC(C(=O)Nc4cc(C)ccc4C)CC3)nn2)cc1. The summed E-state index contributed by atoms with van der Waals surface area (Å²) in [5.74, 6) is 1.79. The largest absolute Gasteiger partial charge is 0.497 e. The molecule has 2 heterocycles. The van der Waals surface area contributed by atoms with Crippen LogP contribution >= 0.6 is 0 Å². The third kappa shape index (κ3) is 4.85.